The smallest absolute Gasteiger partial charge is 0.0641 e. The van der Waals surface area contributed by atoms with Gasteiger partial charge in [0.1, 0.15) is 0 Å². The summed E-state index contributed by atoms with van der Waals surface area (Å²) in [5, 5.41) is 13.1. The van der Waals surface area contributed by atoms with Crippen LogP contribution in [0.2, 0.25) is 0 Å². The van der Waals surface area contributed by atoms with E-state index in [9.17, 15) is 0 Å². The average Bonchev–Trinajstić information content (AvgIpc) is 3.79. The van der Waals surface area contributed by atoms with E-state index in [2.05, 4.69) is 16.0 Å². The van der Waals surface area contributed by atoms with E-state index in [1.807, 2.05) is 0 Å². The minimum absolute atomic E-state index is 0.494. The lowest BCUT2D eigenvalue weighted by atomic mass is 9.56. The molecule has 0 spiro atoms. The highest BCUT2D eigenvalue weighted by Crippen LogP contribution is 2.65. The normalized spacial score (nSPS) is 52.1. The van der Waals surface area contributed by atoms with E-state index in [0.717, 1.165) is 88.8 Å². The molecule has 0 aromatic rings. The van der Waals surface area contributed by atoms with Crippen LogP contribution in [0.4, 0.5) is 0 Å². The average molecular weight is 742 g/mol. The maximum Gasteiger partial charge on any atom is 0.0641 e. The molecule has 9 saturated carbocycles. The van der Waals surface area contributed by atoms with Crippen LogP contribution in [0.3, 0.4) is 0 Å². The van der Waals surface area contributed by atoms with Crippen molar-refractivity contribution in [1.82, 2.24) is 16.0 Å². The fourth-order valence-electron chi connectivity index (χ4n) is 18.4. The van der Waals surface area contributed by atoms with Gasteiger partial charge in [0.2, 0.25) is 0 Å². The van der Waals surface area contributed by atoms with Gasteiger partial charge in [-0.05, 0) is 185 Å². The molecular formula is C50H83N3O. The number of fused-ring (bicyclic) bond motifs is 8. The maximum absolute atomic E-state index is 7.46. The summed E-state index contributed by atoms with van der Waals surface area (Å²) in [5.41, 5.74) is 0. The molecule has 11 rings (SSSR count). The first kappa shape index (κ1) is 36.9. The van der Waals surface area contributed by atoms with Gasteiger partial charge in [0.05, 0.1) is 30.7 Å². The fraction of sp³-hybridized carbons (Fsp3) is 1.00. The lowest BCUT2D eigenvalue weighted by molar-refractivity contribution is -0.0883. The zero-order valence-electron chi connectivity index (χ0n) is 34.7. The Bertz CT molecular complexity index is 1210. The van der Waals surface area contributed by atoms with Gasteiger partial charge in [0.15, 0.2) is 0 Å². The Kier molecular flexibility index (Phi) is 11.0. The summed E-state index contributed by atoms with van der Waals surface area (Å²) in [5.74, 6) is 14.4. The van der Waals surface area contributed by atoms with Gasteiger partial charge in [0.25, 0.3) is 0 Å². The molecule has 9 aliphatic carbocycles. The van der Waals surface area contributed by atoms with Gasteiger partial charge < -0.3 is 4.74 Å². The highest BCUT2D eigenvalue weighted by molar-refractivity contribution is 5.10. The molecule has 0 amide bonds. The van der Waals surface area contributed by atoms with Crippen molar-refractivity contribution < 1.29 is 4.74 Å². The molecule has 3 N–H and O–H groups in total. The highest BCUT2D eigenvalue weighted by Gasteiger charge is 2.60. The van der Waals surface area contributed by atoms with Gasteiger partial charge in [-0.25, -0.2) is 0 Å². The second kappa shape index (κ2) is 16.1. The van der Waals surface area contributed by atoms with E-state index in [4.69, 9.17) is 4.74 Å². The summed E-state index contributed by atoms with van der Waals surface area (Å²) >= 11 is 0. The van der Waals surface area contributed by atoms with Crippen LogP contribution >= 0.6 is 0 Å². The molecule has 2 heterocycles. The molecule has 0 radical (unpaired) electrons. The Balaban J connectivity index is 0.836. The summed E-state index contributed by atoms with van der Waals surface area (Å²) in [6, 6.07) is 0. The maximum atomic E-state index is 7.46. The van der Waals surface area contributed by atoms with Crippen molar-refractivity contribution in [1.29, 1.82) is 0 Å². The third-order valence-corrected chi connectivity index (χ3v) is 20.6. The van der Waals surface area contributed by atoms with Crippen molar-refractivity contribution in [3.63, 3.8) is 0 Å². The Hall–Kier alpha value is -0.160. The number of nitrogens with one attached hydrogen (secondary N) is 3. The fourth-order valence-corrected chi connectivity index (χ4v) is 18.4. The van der Waals surface area contributed by atoms with Gasteiger partial charge in [-0.15, -0.1) is 0 Å². The summed E-state index contributed by atoms with van der Waals surface area (Å²) in [6.45, 7) is 0. The molecule has 2 saturated heterocycles. The molecule has 16 unspecified atom stereocenters. The molecule has 16 atom stereocenters. The molecule has 0 aromatic carbocycles. The van der Waals surface area contributed by atoms with E-state index in [1.54, 1.807) is 64.2 Å². The summed E-state index contributed by atoms with van der Waals surface area (Å²) in [6.07, 6.45) is 47.7. The predicted octanol–water partition coefficient (Wildman–Crippen LogP) is 11.6. The number of hydrogen-bond acceptors (Lipinski definition) is 4. The third kappa shape index (κ3) is 6.85. The SMILES string of the molecule is C1CCC(C2CCC3C(C2)C2CCCCC2C3C2CCC3OC4C(CC(C5NC(C6CCCCC6)NC(C6CCCCC6)N5)C5CCCCC54)C3C2)CC1. The molecule has 0 aromatic heterocycles. The second-order valence-electron chi connectivity index (χ2n) is 22.8. The number of ether oxygens (including phenoxy) is 1. The van der Waals surface area contributed by atoms with Crippen molar-refractivity contribution >= 4 is 0 Å². The van der Waals surface area contributed by atoms with Gasteiger partial charge in [-0.3, -0.25) is 16.0 Å². The molecule has 11 aliphatic rings. The minimum atomic E-state index is 0.494. The molecular weight excluding hydrogens is 659 g/mol. The van der Waals surface area contributed by atoms with Gasteiger partial charge in [-0.2, -0.15) is 0 Å². The van der Waals surface area contributed by atoms with Crippen molar-refractivity contribution in [2.75, 3.05) is 0 Å². The zero-order chi connectivity index (χ0) is 35.6. The lowest BCUT2D eigenvalue weighted by Gasteiger charge is -2.54. The van der Waals surface area contributed by atoms with Crippen molar-refractivity contribution in [2.24, 2.45) is 88.8 Å². The zero-order valence-corrected chi connectivity index (χ0v) is 34.7. The van der Waals surface area contributed by atoms with Crippen LogP contribution in [-0.4, -0.2) is 30.7 Å². The Morgan fingerprint density at radius 1 is 0.278 bits per heavy atom. The van der Waals surface area contributed by atoms with E-state index >= 15 is 0 Å². The number of hydrogen-bond donors (Lipinski definition) is 3. The van der Waals surface area contributed by atoms with E-state index in [0.29, 0.717) is 30.7 Å². The summed E-state index contributed by atoms with van der Waals surface area (Å²) < 4.78 is 7.46. The Labute approximate surface area is 331 Å². The van der Waals surface area contributed by atoms with Gasteiger partial charge in [0, 0.05) is 0 Å². The van der Waals surface area contributed by atoms with Crippen LogP contribution in [-0.2, 0) is 4.74 Å². The first-order valence-electron chi connectivity index (χ1n) is 25.7. The van der Waals surface area contributed by atoms with Crippen molar-refractivity contribution in [3.05, 3.63) is 0 Å². The Morgan fingerprint density at radius 3 is 1.44 bits per heavy atom. The Morgan fingerprint density at radius 2 is 0.778 bits per heavy atom. The molecule has 11 fully saturated rings. The number of rotatable bonds is 5. The molecule has 54 heavy (non-hydrogen) atoms. The van der Waals surface area contributed by atoms with Crippen LogP contribution in [0.1, 0.15) is 193 Å². The van der Waals surface area contributed by atoms with E-state index in [-0.39, 0.29) is 0 Å². The van der Waals surface area contributed by atoms with Crippen LogP contribution in [0.5, 0.6) is 0 Å². The molecule has 0 bridgehead atoms. The minimum Gasteiger partial charge on any atom is -0.374 e. The van der Waals surface area contributed by atoms with E-state index in [1.165, 1.54) is 128 Å². The van der Waals surface area contributed by atoms with Gasteiger partial charge in [-0.1, -0.05) is 96.3 Å². The van der Waals surface area contributed by atoms with Gasteiger partial charge >= 0.3 is 0 Å². The first-order chi connectivity index (χ1) is 26.8. The quantitative estimate of drug-likeness (QED) is 0.263. The van der Waals surface area contributed by atoms with Crippen LogP contribution in [0, 0.1) is 88.8 Å². The summed E-state index contributed by atoms with van der Waals surface area (Å²) in [7, 11) is 0. The largest absolute Gasteiger partial charge is 0.374 e. The predicted molar refractivity (Wildman–Crippen MR) is 220 cm³/mol. The highest BCUT2D eigenvalue weighted by atomic mass is 16.5. The topological polar surface area (TPSA) is 45.3 Å². The monoisotopic (exact) mass is 742 g/mol. The van der Waals surface area contributed by atoms with Crippen LogP contribution < -0.4 is 16.0 Å². The van der Waals surface area contributed by atoms with Crippen LogP contribution in [0.25, 0.3) is 0 Å². The first-order valence-corrected chi connectivity index (χ1v) is 25.7. The standard InChI is InChI=1S/C50H83N3O/c1-4-14-31(15-5-1)34-24-26-39-41(28-34)36-20-10-12-22-38(36)46(39)35-25-27-45-42(29-35)43-30-44(37-21-11-13-23-40(37)47(43)54-45)50-52-48(32-16-6-2-7-17-32)51-49(53-50)33-18-8-3-9-19-33/h31-53H,1-30H2. The van der Waals surface area contributed by atoms with Crippen LogP contribution in [0.15, 0.2) is 0 Å². The molecule has 2 aliphatic heterocycles. The lowest BCUT2D eigenvalue weighted by Crippen LogP contribution is -2.73. The molecule has 4 heteroatoms. The second-order valence-corrected chi connectivity index (χ2v) is 22.8. The van der Waals surface area contributed by atoms with Crippen molar-refractivity contribution in [3.8, 4) is 0 Å². The summed E-state index contributed by atoms with van der Waals surface area (Å²) in [4.78, 5) is 0. The van der Waals surface area contributed by atoms with E-state index < -0.39 is 0 Å². The molecule has 304 valence electrons. The molecule has 4 nitrogen and oxygen atoms in total. The van der Waals surface area contributed by atoms with Crippen molar-refractivity contribution in [2.45, 2.75) is 223 Å². The third-order valence-electron chi connectivity index (χ3n) is 20.6.